The van der Waals surface area contributed by atoms with Crippen molar-refractivity contribution in [3.05, 3.63) is 47.8 Å². The summed E-state index contributed by atoms with van der Waals surface area (Å²) in [6.45, 7) is 2.68. The minimum Gasteiger partial charge on any atom is -0.337 e. The Hall–Kier alpha value is -2.96. The van der Waals surface area contributed by atoms with Crippen molar-refractivity contribution < 1.29 is 9.59 Å². The number of carbonyl (C=O) groups is 2. The fraction of sp³-hybridized carbons (Fsp3) is 0.294. The number of nitrogens with one attached hydrogen (secondary N) is 1. The lowest BCUT2D eigenvalue weighted by atomic mass is 10.1. The van der Waals surface area contributed by atoms with Crippen molar-refractivity contribution in [1.29, 1.82) is 0 Å². The average Bonchev–Trinajstić information content (AvgIpc) is 3.01. The summed E-state index contributed by atoms with van der Waals surface area (Å²) in [6, 6.07) is 7.19. The molecule has 2 aromatic rings. The second-order valence-electron chi connectivity index (χ2n) is 5.92. The Morgan fingerprint density at radius 1 is 1.08 bits per heavy atom. The van der Waals surface area contributed by atoms with Crippen LogP contribution < -0.4 is 10.2 Å². The normalized spacial score (nSPS) is 16.8. The van der Waals surface area contributed by atoms with Gasteiger partial charge in [-0.15, -0.1) is 0 Å². The van der Waals surface area contributed by atoms with Crippen molar-refractivity contribution in [3.8, 4) is 0 Å². The minimum absolute atomic E-state index is 0.00535. The van der Waals surface area contributed by atoms with Crippen LogP contribution in [0.1, 0.15) is 15.9 Å². The van der Waals surface area contributed by atoms with Gasteiger partial charge in [0.05, 0.1) is 6.42 Å². The van der Waals surface area contributed by atoms with Crippen LogP contribution in [0.2, 0.25) is 0 Å². The molecule has 7 nitrogen and oxygen atoms in total. The van der Waals surface area contributed by atoms with Crippen LogP contribution in [0.3, 0.4) is 0 Å². The van der Waals surface area contributed by atoms with E-state index in [1.807, 2.05) is 17.0 Å². The predicted molar refractivity (Wildman–Crippen MR) is 88.9 cm³/mol. The van der Waals surface area contributed by atoms with Gasteiger partial charge in [-0.05, 0) is 29.8 Å². The highest BCUT2D eigenvalue weighted by atomic mass is 16.2. The largest absolute Gasteiger partial charge is 0.337 e. The first-order valence-corrected chi connectivity index (χ1v) is 7.95. The molecule has 0 atom stereocenters. The van der Waals surface area contributed by atoms with Crippen molar-refractivity contribution in [3.63, 3.8) is 0 Å². The second-order valence-corrected chi connectivity index (χ2v) is 5.92. The number of fused-ring (bicyclic) bond motifs is 1. The molecule has 0 spiro atoms. The quantitative estimate of drug-likeness (QED) is 0.890. The molecule has 4 rings (SSSR count). The van der Waals surface area contributed by atoms with Gasteiger partial charge >= 0.3 is 0 Å². The third kappa shape index (κ3) is 2.68. The van der Waals surface area contributed by atoms with Crippen LogP contribution in [-0.4, -0.2) is 52.9 Å². The van der Waals surface area contributed by atoms with Crippen LogP contribution in [0.15, 0.2) is 36.7 Å². The number of anilines is 2. The van der Waals surface area contributed by atoms with Crippen LogP contribution in [0.4, 0.5) is 11.6 Å². The highest BCUT2D eigenvalue weighted by Crippen LogP contribution is 2.24. The van der Waals surface area contributed by atoms with E-state index in [1.54, 1.807) is 24.5 Å². The van der Waals surface area contributed by atoms with Crippen LogP contribution in [0, 0.1) is 0 Å². The molecule has 3 heterocycles. The van der Waals surface area contributed by atoms with E-state index < -0.39 is 0 Å². The molecule has 1 aromatic carbocycles. The fourth-order valence-electron chi connectivity index (χ4n) is 3.11. The lowest BCUT2D eigenvalue weighted by molar-refractivity contribution is -0.115. The Morgan fingerprint density at radius 3 is 2.58 bits per heavy atom. The maximum atomic E-state index is 12.7. The summed E-state index contributed by atoms with van der Waals surface area (Å²) in [5.74, 6) is 0.684. The second kappa shape index (κ2) is 5.92. The first-order valence-electron chi connectivity index (χ1n) is 7.95. The Bertz CT molecular complexity index is 785. The number of hydrogen-bond acceptors (Lipinski definition) is 5. The van der Waals surface area contributed by atoms with Crippen LogP contribution in [-0.2, 0) is 11.2 Å². The van der Waals surface area contributed by atoms with Crippen molar-refractivity contribution in [1.82, 2.24) is 14.9 Å². The molecule has 24 heavy (non-hydrogen) atoms. The molecule has 1 N–H and O–H groups in total. The predicted octanol–water partition coefficient (Wildman–Crippen LogP) is 0.934. The lowest BCUT2D eigenvalue weighted by Crippen LogP contribution is -2.49. The first kappa shape index (κ1) is 14.6. The number of aromatic nitrogens is 2. The number of benzene rings is 1. The van der Waals surface area contributed by atoms with Gasteiger partial charge in [-0.3, -0.25) is 9.59 Å². The molecule has 122 valence electrons. The number of carbonyl (C=O) groups excluding carboxylic acids is 2. The maximum Gasteiger partial charge on any atom is 0.253 e. The van der Waals surface area contributed by atoms with E-state index in [0.29, 0.717) is 44.1 Å². The zero-order valence-electron chi connectivity index (χ0n) is 13.1. The monoisotopic (exact) mass is 323 g/mol. The molecule has 0 bridgehead atoms. The third-order valence-corrected chi connectivity index (χ3v) is 4.38. The maximum absolute atomic E-state index is 12.7. The molecular weight excluding hydrogens is 306 g/mol. The van der Waals surface area contributed by atoms with E-state index in [1.165, 1.54) is 0 Å². The van der Waals surface area contributed by atoms with Crippen molar-refractivity contribution >= 4 is 23.5 Å². The molecule has 0 saturated carbocycles. The number of rotatable bonds is 2. The van der Waals surface area contributed by atoms with E-state index in [2.05, 4.69) is 20.2 Å². The number of nitrogens with zero attached hydrogens (tertiary/aromatic N) is 4. The number of piperazine rings is 1. The van der Waals surface area contributed by atoms with Crippen LogP contribution >= 0.6 is 0 Å². The fourth-order valence-corrected chi connectivity index (χ4v) is 3.11. The summed E-state index contributed by atoms with van der Waals surface area (Å²) < 4.78 is 0. The van der Waals surface area contributed by atoms with Crippen molar-refractivity contribution in [2.24, 2.45) is 0 Å². The number of amides is 2. The third-order valence-electron chi connectivity index (χ3n) is 4.38. The summed E-state index contributed by atoms with van der Waals surface area (Å²) in [5.41, 5.74) is 2.33. The van der Waals surface area contributed by atoms with Gasteiger partial charge in [-0.25, -0.2) is 9.97 Å². The van der Waals surface area contributed by atoms with Crippen molar-refractivity contribution in [2.75, 3.05) is 36.4 Å². The van der Waals surface area contributed by atoms with Gasteiger partial charge < -0.3 is 15.1 Å². The summed E-state index contributed by atoms with van der Waals surface area (Å²) >= 11 is 0. The van der Waals surface area contributed by atoms with Gasteiger partial charge in [-0.2, -0.15) is 0 Å². The number of hydrogen-bond donors (Lipinski definition) is 1. The van der Waals surface area contributed by atoms with Gasteiger partial charge in [0.2, 0.25) is 11.9 Å². The van der Waals surface area contributed by atoms with E-state index in [4.69, 9.17) is 0 Å². The smallest absolute Gasteiger partial charge is 0.253 e. The molecule has 1 fully saturated rings. The van der Waals surface area contributed by atoms with Gasteiger partial charge in [0.15, 0.2) is 0 Å². The first-order chi connectivity index (χ1) is 11.7. The Balaban J connectivity index is 1.43. The molecule has 0 unspecified atom stereocenters. The van der Waals surface area contributed by atoms with E-state index in [-0.39, 0.29) is 11.8 Å². The summed E-state index contributed by atoms with van der Waals surface area (Å²) in [7, 11) is 0. The lowest BCUT2D eigenvalue weighted by Gasteiger charge is -2.34. The molecule has 1 saturated heterocycles. The molecule has 0 aliphatic carbocycles. The van der Waals surface area contributed by atoms with Gasteiger partial charge in [0.25, 0.3) is 5.91 Å². The molecular formula is C17H17N5O2. The zero-order chi connectivity index (χ0) is 16.5. The molecule has 2 aliphatic rings. The summed E-state index contributed by atoms with van der Waals surface area (Å²) in [5, 5.41) is 2.78. The van der Waals surface area contributed by atoms with Gasteiger partial charge in [0.1, 0.15) is 0 Å². The average molecular weight is 323 g/mol. The molecule has 7 heteroatoms. The van der Waals surface area contributed by atoms with Crippen LogP contribution in [0.5, 0.6) is 0 Å². The Morgan fingerprint density at radius 2 is 1.83 bits per heavy atom. The molecule has 0 radical (unpaired) electrons. The van der Waals surface area contributed by atoms with E-state index >= 15 is 0 Å². The summed E-state index contributed by atoms with van der Waals surface area (Å²) in [6.07, 6.45) is 3.79. The van der Waals surface area contributed by atoms with E-state index in [9.17, 15) is 9.59 Å². The van der Waals surface area contributed by atoms with Gasteiger partial charge in [0, 0.05) is 49.8 Å². The highest BCUT2D eigenvalue weighted by Gasteiger charge is 2.25. The molecule has 2 aliphatic heterocycles. The topological polar surface area (TPSA) is 78.4 Å². The highest BCUT2D eigenvalue weighted by molar-refractivity contribution is 6.01. The van der Waals surface area contributed by atoms with Crippen LogP contribution in [0.25, 0.3) is 0 Å². The standard InChI is InChI=1S/C17H17N5O2/c23-15-11-13-10-12(2-3-14(13)20-15)16(24)21-6-8-22(9-7-21)17-18-4-1-5-19-17/h1-5,10H,6-9,11H2,(H,20,23). The van der Waals surface area contributed by atoms with Crippen molar-refractivity contribution in [2.45, 2.75) is 6.42 Å². The molecule has 1 aromatic heterocycles. The summed E-state index contributed by atoms with van der Waals surface area (Å²) in [4.78, 5) is 36.5. The molecule has 2 amide bonds. The van der Waals surface area contributed by atoms with Gasteiger partial charge in [-0.1, -0.05) is 0 Å². The SMILES string of the molecule is O=C1Cc2cc(C(=O)N3CCN(c4ncccn4)CC3)ccc2N1. The zero-order valence-corrected chi connectivity index (χ0v) is 13.1. The Labute approximate surface area is 139 Å². The Kier molecular flexibility index (Phi) is 3.60. The van der Waals surface area contributed by atoms with E-state index in [0.717, 1.165) is 11.3 Å². The minimum atomic E-state index is -0.0222.